The van der Waals surface area contributed by atoms with Crippen LogP contribution in [0.4, 0.5) is 4.39 Å². The minimum atomic E-state index is -0.802. The minimum absolute atomic E-state index is 0.0716. The standard InChI is InChI=1S/C25H30ClFIN3O4/c1-16(11-26)14-35-23-9-6-18(10-21(23)27)25(2,3)17-4-7-20(8-5-17)34-15-19(33)12-31-24(28)22(13-32)29-30-31/h4-10,16,19,32-33H,11-15H2,1-3H3/i28-4. The van der Waals surface area contributed by atoms with E-state index in [1.54, 1.807) is 6.07 Å². The average molecular weight is 614 g/mol. The van der Waals surface area contributed by atoms with Crippen LogP contribution in [0, 0.1) is 15.4 Å². The Hall–Kier alpha value is -1.95. The van der Waals surface area contributed by atoms with Crippen LogP contribution in [-0.2, 0) is 18.6 Å². The number of rotatable bonds is 12. The molecule has 0 saturated heterocycles. The molecule has 190 valence electrons. The predicted molar refractivity (Wildman–Crippen MR) is 141 cm³/mol. The zero-order valence-electron chi connectivity index (χ0n) is 19.9. The summed E-state index contributed by atoms with van der Waals surface area (Å²) < 4.78 is 28.2. The highest BCUT2D eigenvalue weighted by atomic mass is 123. The molecule has 10 heteroatoms. The van der Waals surface area contributed by atoms with Crippen LogP contribution in [0.3, 0.4) is 0 Å². The molecule has 2 aromatic carbocycles. The number of aliphatic hydroxyl groups is 2. The van der Waals surface area contributed by atoms with Gasteiger partial charge in [-0.05, 0) is 58.0 Å². The number of hydrogen-bond acceptors (Lipinski definition) is 6. The number of benzene rings is 2. The molecule has 0 amide bonds. The SMILES string of the molecule is CC(CCl)COc1ccc(C(C)(C)c2ccc(OCC(O)Cn3nnc(CO)c3[123I])cc2)cc1F. The normalized spacial score (nSPS) is 13.5. The van der Waals surface area contributed by atoms with Crippen LogP contribution in [-0.4, -0.2) is 50.4 Å². The first kappa shape index (κ1) is 27.6. The maximum atomic E-state index is 14.7. The lowest BCUT2D eigenvalue weighted by Gasteiger charge is -2.27. The molecular weight excluding hydrogens is 584 g/mol. The fourth-order valence-electron chi connectivity index (χ4n) is 3.41. The Morgan fingerprint density at radius 2 is 1.80 bits per heavy atom. The van der Waals surface area contributed by atoms with E-state index in [0.29, 0.717) is 27.6 Å². The third kappa shape index (κ3) is 7.05. The van der Waals surface area contributed by atoms with Crippen molar-refractivity contribution in [2.45, 2.75) is 45.4 Å². The van der Waals surface area contributed by atoms with Crippen molar-refractivity contribution in [2.24, 2.45) is 5.92 Å². The van der Waals surface area contributed by atoms with Crippen LogP contribution >= 0.6 is 34.2 Å². The van der Waals surface area contributed by atoms with Gasteiger partial charge in [-0.3, -0.25) is 0 Å². The van der Waals surface area contributed by atoms with Gasteiger partial charge in [0.15, 0.2) is 11.6 Å². The van der Waals surface area contributed by atoms with Gasteiger partial charge in [0.2, 0.25) is 0 Å². The topological polar surface area (TPSA) is 89.6 Å². The Kier molecular flexibility index (Phi) is 9.74. The Labute approximate surface area is 223 Å². The summed E-state index contributed by atoms with van der Waals surface area (Å²) in [6, 6.07) is 12.6. The molecule has 2 unspecified atom stereocenters. The molecule has 1 heterocycles. The summed E-state index contributed by atoms with van der Waals surface area (Å²) >= 11 is 7.82. The first-order valence-electron chi connectivity index (χ1n) is 11.2. The average Bonchev–Trinajstić information content (AvgIpc) is 3.20. The maximum absolute atomic E-state index is 14.7. The second kappa shape index (κ2) is 12.3. The lowest BCUT2D eigenvalue weighted by Crippen LogP contribution is -2.25. The molecule has 0 bridgehead atoms. The van der Waals surface area contributed by atoms with Gasteiger partial charge in [0, 0.05) is 17.2 Å². The van der Waals surface area contributed by atoms with Gasteiger partial charge in [0.25, 0.3) is 0 Å². The van der Waals surface area contributed by atoms with Crippen molar-refractivity contribution < 1.29 is 24.1 Å². The lowest BCUT2D eigenvalue weighted by molar-refractivity contribution is 0.0881. The summed E-state index contributed by atoms with van der Waals surface area (Å²) in [5, 5.41) is 27.3. The molecule has 35 heavy (non-hydrogen) atoms. The van der Waals surface area contributed by atoms with Crippen molar-refractivity contribution in [3.63, 3.8) is 0 Å². The molecule has 0 radical (unpaired) electrons. The monoisotopic (exact) mass is 613 g/mol. The fourth-order valence-corrected chi connectivity index (χ4v) is 4.07. The molecule has 7 nitrogen and oxygen atoms in total. The molecule has 1 aromatic heterocycles. The van der Waals surface area contributed by atoms with Gasteiger partial charge < -0.3 is 19.7 Å². The molecule has 0 spiro atoms. The number of halogens is 3. The quantitative estimate of drug-likeness (QED) is 0.231. The first-order chi connectivity index (χ1) is 16.6. The van der Waals surface area contributed by atoms with E-state index in [1.165, 1.54) is 10.7 Å². The Morgan fingerprint density at radius 3 is 2.40 bits per heavy atom. The summed E-state index contributed by atoms with van der Waals surface area (Å²) in [7, 11) is 0. The van der Waals surface area contributed by atoms with E-state index < -0.39 is 17.3 Å². The highest BCUT2D eigenvalue weighted by molar-refractivity contribution is 14.1. The summed E-state index contributed by atoms with van der Waals surface area (Å²) in [5.74, 6) is 1.02. The first-order valence-corrected chi connectivity index (χ1v) is 12.9. The number of hydrogen-bond donors (Lipinski definition) is 2. The second-order valence-electron chi connectivity index (χ2n) is 9.00. The number of nitrogens with zero attached hydrogens (tertiary/aromatic N) is 3. The van der Waals surface area contributed by atoms with E-state index in [2.05, 4.69) is 10.3 Å². The van der Waals surface area contributed by atoms with E-state index >= 15 is 0 Å². The third-order valence-electron chi connectivity index (χ3n) is 5.73. The summed E-state index contributed by atoms with van der Waals surface area (Å²) in [6.07, 6.45) is -0.802. The van der Waals surface area contributed by atoms with Gasteiger partial charge in [0.1, 0.15) is 27.9 Å². The molecule has 0 fully saturated rings. The van der Waals surface area contributed by atoms with E-state index in [0.717, 1.165) is 11.1 Å². The minimum Gasteiger partial charge on any atom is -0.491 e. The van der Waals surface area contributed by atoms with Crippen molar-refractivity contribution in [3.8, 4) is 11.5 Å². The van der Waals surface area contributed by atoms with E-state index in [1.807, 2.05) is 73.7 Å². The summed E-state index contributed by atoms with van der Waals surface area (Å²) in [4.78, 5) is 0. The molecular formula is C25H30ClFIN3O4. The highest BCUT2D eigenvalue weighted by Gasteiger charge is 2.25. The van der Waals surface area contributed by atoms with Crippen LogP contribution in [0.25, 0.3) is 0 Å². The zero-order chi connectivity index (χ0) is 25.6. The largest absolute Gasteiger partial charge is 0.491 e. The molecule has 0 aliphatic carbocycles. The van der Waals surface area contributed by atoms with E-state index in [9.17, 15) is 14.6 Å². The van der Waals surface area contributed by atoms with Crippen molar-refractivity contribution >= 4 is 34.2 Å². The molecule has 0 aliphatic rings. The lowest BCUT2D eigenvalue weighted by atomic mass is 9.78. The Morgan fingerprint density at radius 1 is 1.11 bits per heavy atom. The van der Waals surface area contributed by atoms with Gasteiger partial charge in [-0.15, -0.1) is 16.7 Å². The predicted octanol–water partition coefficient (Wildman–Crippen LogP) is 4.53. The van der Waals surface area contributed by atoms with Gasteiger partial charge in [-0.2, -0.15) is 0 Å². The van der Waals surface area contributed by atoms with Crippen LogP contribution in [0.5, 0.6) is 11.5 Å². The van der Waals surface area contributed by atoms with Crippen LogP contribution in [0.1, 0.15) is 37.6 Å². The van der Waals surface area contributed by atoms with Gasteiger partial charge in [-0.1, -0.05) is 44.2 Å². The Bertz CT molecular complexity index is 1110. The van der Waals surface area contributed by atoms with Crippen molar-refractivity contribution in [1.82, 2.24) is 15.0 Å². The van der Waals surface area contributed by atoms with Gasteiger partial charge in [0.05, 0.1) is 19.8 Å². The number of alkyl halides is 1. The number of aliphatic hydroxyl groups excluding tert-OH is 2. The van der Waals surface area contributed by atoms with Gasteiger partial charge in [-0.25, -0.2) is 9.07 Å². The van der Waals surface area contributed by atoms with Crippen molar-refractivity contribution in [3.05, 3.63) is 68.8 Å². The molecule has 0 aliphatic heterocycles. The van der Waals surface area contributed by atoms with Crippen molar-refractivity contribution in [2.75, 3.05) is 19.1 Å². The van der Waals surface area contributed by atoms with Gasteiger partial charge >= 0.3 is 0 Å². The molecule has 2 N–H and O–H groups in total. The second-order valence-corrected chi connectivity index (χ2v) is 10.3. The van der Waals surface area contributed by atoms with E-state index in [4.69, 9.17) is 21.1 Å². The molecule has 3 rings (SSSR count). The van der Waals surface area contributed by atoms with Crippen LogP contribution < -0.4 is 9.47 Å². The highest BCUT2D eigenvalue weighted by Crippen LogP contribution is 2.34. The summed E-state index contributed by atoms with van der Waals surface area (Å²) in [5.41, 5.74) is 1.83. The molecule has 3 aromatic rings. The smallest absolute Gasteiger partial charge is 0.165 e. The fraction of sp³-hybridized carbons (Fsp3) is 0.440. The maximum Gasteiger partial charge on any atom is 0.165 e. The third-order valence-corrected chi connectivity index (χ3v) is 7.44. The summed E-state index contributed by atoms with van der Waals surface area (Å²) in [6.45, 7) is 6.43. The van der Waals surface area contributed by atoms with Crippen LogP contribution in [0.15, 0.2) is 42.5 Å². The Balaban J connectivity index is 1.60. The van der Waals surface area contributed by atoms with Crippen molar-refractivity contribution in [1.29, 1.82) is 0 Å². The van der Waals surface area contributed by atoms with Crippen LogP contribution in [0.2, 0.25) is 0 Å². The zero-order valence-corrected chi connectivity index (χ0v) is 22.8. The molecule has 2 atom stereocenters. The molecule has 0 saturated carbocycles. The number of ether oxygens (including phenoxy) is 2. The van der Waals surface area contributed by atoms with E-state index in [-0.39, 0.29) is 31.4 Å². The number of aromatic nitrogens is 3.